The average molecular weight is 250 g/mol. The SMILES string of the molecule is CC.Nc1cc(C(F)(F)P)ncc1C(=O)O. The molecule has 0 spiro atoms. The van der Waals surface area contributed by atoms with Crippen molar-refractivity contribution in [1.82, 2.24) is 4.98 Å². The fraction of sp³-hybridized carbons (Fsp3) is 0.333. The smallest absolute Gasteiger partial charge is 0.339 e. The number of rotatable bonds is 2. The quantitative estimate of drug-likeness (QED) is 0.789. The summed E-state index contributed by atoms with van der Waals surface area (Å²) >= 11 is 0. The number of nitrogen functional groups attached to an aromatic ring is 1. The lowest BCUT2D eigenvalue weighted by Crippen LogP contribution is -2.10. The minimum atomic E-state index is -3.20. The Balaban J connectivity index is 0.00000106. The lowest BCUT2D eigenvalue weighted by molar-refractivity contribution is 0.0695. The predicted molar refractivity (Wildman–Crippen MR) is 60.6 cm³/mol. The Morgan fingerprint density at radius 1 is 1.56 bits per heavy atom. The van der Waals surface area contributed by atoms with Crippen LogP contribution in [0.4, 0.5) is 14.5 Å². The summed E-state index contributed by atoms with van der Waals surface area (Å²) in [5.41, 5.74) is 0.953. The van der Waals surface area contributed by atoms with Gasteiger partial charge in [-0.25, -0.2) is 4.79 Å². The zero-order valence-corrected chi connectivity index (χ0v) is 10.0. The van der Waals surface area contributed by atoms with Crippen LogP contribution in [0.15, 0.2) is 12.3 Å². The molecule has 0 saturated heterocycles. The maximum Gasteiger partial charge on any atom is 0.339 e. The molecule has 1 aromatic rings. The maximum atomic E-state index is 12.7. The zero-order valence-electron chi connectivity index (χ0n) is 8.87. The first-order valence-electron chi connectivity index (χ1n) is 4.48. The van der Waals surface area contributed by atoms with Gasteiger partial charge in [0.15, 0.2) is 0 Å². The van der Waals surface area contributed by atoms with E-state index in [1.165, 1.54) is 9.24 Å². The van der Waals surface area contributed by atoms with Crippen LogP contribution in [-0.4, -0.2) is 16.1 Å². The molecular weight excluding hydrogens is 237 g/mol. The van der Waals surface area contributed by atoms with E-state index in [2.05, 4.69) is 4.98 Å². The van der Waals surface area contributed by atoms with E-state index in [1.807, 2.05) is 13.8 Å². The first-order valence-corrected chi connectivity index (χ1v) is 5.06. The van der Waals surface area contributed by atoms with Gasteiger partial charge in [0.1, 0.15) is 11.3 Å². The van der Waals surface area contributed by atoms with Crippen molar-refractivity contribution in [2.24, 2.45) is 0 Å². The topological polar surface area (TPSA) is 76.2 Å². The number of carboxylic acids is 1. The third-order valence-electron chi connectivity index (χ3n) is 1.51. The standard InChI is InChI=1S/C7H7F2N2O2P.C2H6/c8-7(9,14)5-1-4(10)3(2-11-5)6(12)13;1-2/h1-2H,14H2,(H2,10,11)(H,12,13);1-2H3. The first kappa shape index (κ1) is 14.7. The van der Waals surface area contributed by atoms with Crippen LogP contribution in [0.5, 0.6) is 0 Å². The van der Waals surface area contributed by atoms with E-state index in [0.29, 0.717) is 0 Å². The Hall–Kier alpha value is -1.29. The second-order valence-electron chi connectivity index (χ2n) is 2.58. The van der Waals surface area contributed by atoms with E-state index in [9.17, 15) is 13.6 Å². The van der Waals surface area contributed by atoms with Crippen LogP contribution in [-0.2, 0) is 5.66 Å². The number of hydrogen-bond donors (Lipinski definition) is 2. The van der Waals surface area contributed by atoms with Gasteiger partial charge in [0.05, 0.1) is 0 Å². The summed E-state index contributed by atoms with van der Waals surface area (Å²) in [5.74, 6) is -1.30. The Labute approximate surface area is 94.1 Å². The van der Waals surface area contributed by atoms with Gasteiger partial charge in [-0.1, -0.05) is 23.1 Å². The molecule has 1 rings (SSSR count). The van der Waals surface area contributed by atoms with Gasteiger partial charge < -0.3 is 10.8 Å². The number of aromatic nitrogens is 1. The van der Waals surface area contributed by atoms with Crippen LogP contribution in [0, 0.1) is 0 Å². The van der Waals surface area contributed by atoms with E-state index < -0.39 is 17.3 Å². The van der Waals surface area contributed by atoms with Crippen molar-refractivity contribution in [3.63, 3.8) is 0 Å². The summed E-state index contributed by atoms with van der Waals surface area (Å²) in [6.07, 6.45) is 0.810. The minimum Gasteiger partial charge on any atom is -0.478 e. The highest BCUT2D eigenvalue weighted by Crippen LogP contribution is 2.34. The second kappa shape index (κ2) is 5.70. The monoisotopic (exact) mass is 250 g/mol. The van der Waals surface area contributed by atoms with Crippen LogP contribution < -0.4 is 5.73 Å². The van der Waals surface area contributed by atoms with Gasteiger partial charge in [-0.05, 0) is 6.07 Å². The first-order chi connectivity index (χ1) is 7.32. The molecule has 0 aromatic carbocycles. The molecule has 0 aliphatic carbocycles. The molecule has 0 saturated carbocycles. The third kappa shape index (κ3) is 3.70. The van der Waals surface area contributed by atoms with Gasteiger partial charge in [0.2, 0.25) is 0 Å². The van der Waals surface area contributed by atoms with E-state index in [-0.39, 0.29) is 11.3 Å². The molecule has 0 amide bonds. The third-order valence-corrected chi connectivity index (χ3v) is 1.80. The molecule has 0 bridgehead atoms. The number of alkyl halides is 2. The molecular formula is C9H13F2N2O2P. The number of pyridine rings is 1. The summed E-state index contributed by atoms with van der Waals surface area (Å²) in [5, 5.41) is 8.55. The van der Waals surface area contributed by atoms with Crippen molar-refractivity contribution in [3.05, 3.63) is 23.5 Å². The summed E-state index contributed by atoms with van der Waals surface area (Å²) in [4.78, 5) is 13.8. The van der Waals surface area contributed by atoms with Crippen LogP contribution in [0.25, 0.3) is 0 Å². The van der Waals surface area contributed by atoms with Crippen LogP contribution in [0.2, 0.25) is 0 Å². The zero-order chi connectivity index (χ0) is 12.9. The number of nitrogens with zero attached hydrogens (tertiary/aromatic N) is 1. The van der Waals surface area contributed by atoms with Gasteiger partial charge in [0, 0.05) is 11.9 Å². The van der Waals surface area contributed by atoms with Gasteiger partial charge in [-0.2, -0.15) is 8.78 Å². The van der Waals surface area contributed by atoms with E-state index in [1.54, 1.807) is 0 Å². The summed E-state index contributed by atoms with van der Waals surface area (Å²) in [6.45, 7) is 4.00. The lowest BCUT2D eigenvalue weighted by atomic mass is 10.2. The number of nitrogens with two attached hydrogens (primary N) is 1. The van der Waals surface area contributed by atoms with E-state index in [4.69, 9.17) is 10.8 Å². The Morgan fingerprint density at radius 3 is 2.38 bits per heavy atom. The van der Waals surface area contributed by atoms with Gasteiger partial charge in [0.25, 0.3) is 5.66 Å². The molecule has 0 aliphatic rings. The maximum absolute atomic E-state index is 12.7. The molecule has 7 heteroatoms. The second-order valence-corrected chi connectivity index (χ2v) is 3.31. The molecule has 0 fully saturated rings. The van der Waals surface area contributed by atoms with E-state index in [0.717, 1.165) is 12.3 Å². The van der Waals surface area contributed by atoms with Crippen molar-refractivity contribution in [2.45, 2.75) is 19.5 Å². The summed E-state index contributed by atoms with van der Waals surface area (Å²) in [6, 6.07) is 0.844. The number of aromatic carboxylic acids is 1. The predicted octanol–water partition coefficient (Wildman–Crippen LogP) is 2.31. The number of carbonyl (C=O) groups is 1. The molecule has 90 valence electrons. The van der Waals surface area contributed by atoms with Crippen molar-refractivity contribution >= 4 is 20.9 Å². The summed E-state index contributed by atoms with van der Waals surface area (Å²) < 4.78 is 25.3. The van der Waals surface area contributed by atoms with Crippen LogP contribution in [0.3, 0.4) is 0 Å². The molecule has 1 aromatic heterocycles. The molecule has 1 heterocycles. The average Bonchev–Trinajstić information content (AvgIpc) is 2.18. The van der Waals surface area contributed by atoms with Crippen molar-refractivity contribution < 1.29 is 18.7 Å². The summed E-state index contributed by atoms with van der Waals surface area (Å²) in [7, 11) is 1.29. The molecule has 0 aliphatic heterocycles. The fourth-order valence-electron chi connectivity index (χ4n) is 0.832. The number of anilines is 1. The Bertz CT molecular complexity index is 380. The number of carboxylic acid groups (broad SMARTS) is 1. The fourth-order valence-corrected chi connectivity index (χ4v) is 0.990. The van der Waals surface area contributed by atoms with Crippen LogP contribution in [0.1, 0.15) is 29.9 Å². The number of hydrogen-bond acceptors (Lipinski definition) is 3. The molecule has 4 nitrogen and oxygen atoms in total. The van der Waals surface area contributed by atoms with Crippen molar-refractivity contribution in [2.75, 3.05) is 5.73 Å². The van der Waals surface area contributed by atoms with Crippen molar-refractivity contribution in [3.8, 4) is 0 Å². The highest BCUT2D eigenvalue weighted by atomic mass is 31.0. The lowest BCUT2D eigenvalue weighted by Gasteiger charge is -2.10. The van der Waals surface area contributed by atoms with Crippen LogP contribution >= 0.6 is 9.24 Å². The number of halogens is 2. The molecule has 16 heavy (non-hydrogen) atoms. The highest BCUT2D eigenvalue weighted by Gasteiger charge is 2.27. The van der Waals surface area contributed by atoms with Gasteiger partial charge in [-0.15, -0.1) is 0 Å². The van der Waals surface area contributed by atoms with Crippen molar-refractivity contribution in [1.29, 1.82) is 0 Å². The Kier molecular flexibility index (Phi) is 5.24. The minimum absolute atomic E-state index is 0.232. The molecule has 1 unspecified atom stereocenters. The van der Waals surface area contributed by atoms with E-state index >= 15 is 0 Å². The highest BCUT2D eigenvalue weighted by molar-refractivity contribution is 7.17. The Morgan fingerprint density at radius 2 is 2.06 bits per heavy atom. The normalized spacial score (nSPS) is 10.3. The molecule has 3 N–H and O–H groups in total. The molecule has 0 radical (unpaired) electrons. The van der Waals surface area contributed by atoms with Gasteiger partial charge in [-0.3, -0.25) is 4.98 Å². The molecule has 1 atom stereocenters. The largest absolute Gasteiger partial charge is 0.478 e. The van der Waals surface area contributed by atoms with Gasteiger partial charge >= 0.3 is 5.97 Å².